The molecule has 1 N–H and O–H groups in total. The molecule has 0 radical (unpaired) electrons. The summed E-state index contributed by atoms with van der Waals surface area (Å²) < 4.78 is 6.81. The third-order valence-corrected chi connectivity index (χ3v) is 8.80. The minimum Gasteiger partial charge on any atom is -0.490 e. The molecule has 6 rings (SSSR count). The largest absolute Gasteiger partial charge is 0.490 e. The van der Waals surface area contributed by atoms with Crippen LogP contribution >= 0.6 is 0 Å². The van der Waals surface area contributed by atoms with E-state index < -0.39 is 0 Å². The highest BCUT2D eigenvalue weighted by molar-refractivity contribution is 5.97. The van der Waals surface area contributed by atoms with E-state index >= 15 is 0 Å². The SMILES string of the molecule is CCc1ccc2[nH]nc(C)c2c1-c1cc(OC2CCCC2)c(CN(C)C2CCCc3ccccc32)c(C)n1. The number of pyridine rings is 1. The number of fused-ring (bicyclic) bond motifs is 2. The van der Waals surface area contributed by atoms with E-state index in [0.29, 0.717) is 12.1 Å². The van der Waals surface area contributed by atoms with Gasteiger partial charge in [0.1, 0.15) is 5.75 Å². The summed E-state index contributed by atoms with van der Waals surface area (Å²) in [6, 6.07) is 16.0. The summed E-state index contributed by atoms with van der Waals surface area (Å²) in [5, 5.41) is 8.90. The number of aromatic amines is 1. The Morgan fingerprint density at radius 3 is 2.63 bits per heavy atom. The third kappa shape index (κ3) is 4.62. The van der Waals surface area contributed by atoms with Crippen LogP contribution in [-0.2, 0) is 19.4 Å². The van der Waals surface area contributed by atoms with Crippen molar-refractivity contribution in [2.45, 2.75) is 90.8 Å². The quantitative estimate of drug-likeness (QED) is 0.279. The van der Waals surface area contributed by atoms with Crippen LogP contribution in [0.1, 0.15) is 85.1 Å². The van der Waals surface area contributed by atoms with Gasteiger partial charge in [0.2, 0.25) is 0 Å². The molecular formula is C33H40N4O. The number of hydrogen-bond acceptors (Lipinski definition) is 4. The Bertz CT molecular complexity index is 1450. The molecule has 38 heavy (non-hydrogen) atoms. The lowest BCUT2D eigenvalue weighted by atomic mass is 9.87. The Morgan fingerprint density at radius 1 is 1.00 bits per heavy atom. The molecule has 2 aliphatic rings. The van der Waals surface area contributed by atoms with Gasteiger partial charge in [-0.3, -0.25) is 15.0 Å². The number of nitrogens with one attached hydrogen (secondary N) is 1. The molecule has 2 aliphatic carbocycles. The fourth-order valence-electron chi connectivity index (χ4n) is 6.73. The van der Waals surface area contributed by atoms with E-state index in [1.165, 1.54) is 65.3 Å². The summed E-state index contributed by atoms with van der Waals surface area (Å²) in [4.78, 5) is 7.77. The molecule has 4 aromatic rings. The Kier molecular flexibility index (Phi) is 6.96. The molecule has 0 spiro atoms. The maximum atomic E-state index is 6.81. The van der Waals surface area contributed by atoms with Gasteiger partial charge in [0.25, 0.3) is 0 Å². The zero-order valence-electron chi connectivity index (χ0n) is 23.3. The Hall–Kier alpha value is -3.18. The number of benzene rings is 2. The summed E-state index contributed by atoms with van der Waals surface area (Å²) in [6.07, 6.45) is 9.64. The van der Waals surface area contributed by atoms with E-state index in [1.54, 1.807) is 0 Å². The molecule has 1 saturated carbocycles. The summed E-state index contributed by atoms with van der Waals surface area (Å²) >= 11 is 0. The number of rotatable bonds is 7. The number of aromatic nitrogens is 3. The molecule has 0 aliphatic heterocycles. The molecule has 198 valence electrons. The van der Waals surface area contributed by atoms with Crippen molar-refractivity contribution >= 4 is 10.9 Å². The van der Waals surface area contributed by atoms with Gasteiger partial charge in [-0.15, -0.1) is 0 Å². The van der Waals surface area contributed by atoms with E-state index in [4.69, 9.17) is 9.72 Å². The average Bonchev–Trinajstić information content (AvgIpc) is 3.59. The van der Waals surface area contributed by atoms with Gasteiger partial charge in [-0.1, -0.05) is 37.3 Å². The first-order valence-corrected chi connectivity index (χ1v) is 14.5. The zero-order chi connectivity index (χ0) is 26.2. The van der Waals surface area contributed by atoms with E-state index in [1.807, 2.05) is 0 Å². The minimum atomic E-state index is 0.293. The molecule has 5 nitrogen and oxygen atoms in total. The first kappa shape index (κ1) is 25.1. The van der Waals surface area contributed by atoms with E-state index in [0.717, 1.165) is 54.2 Å². The van der Waals surface area contributed by atoms with Crippen LogP contribution in [0.5, 0.6) is 5.75 Å². The molecule has 5 heteroatoms. The van der Waals surface area contributed by atoms with E-state index in [2.05, 4.69) is 85.4 Å². The van der Waals surface area contributed by atoms with Crippen LogP contribution in [-0.4, -0.2) is 33.2 Å². The molecule has 1 atom stereocenters. The maximum Gasteiger partial charge on any atom is 0.128 e. The number of H-pyrrole nitrogens is 1. The molecule has 2 aromatic carbocycles. The van der Waals surface area contributed by atoms with E-state index in [9.17, 15) is 0 Å². The van der Waals surface area contributed by atoms with Gasteiger partial charge in [-0.25, -0.2) is 0 Å². The summed E-state index contributed by atoms with van der Waals surface area (Å²) in [6.45, 7) is 7.29. The van der Waals surface area contributed by atoms with Gasteiger partial charge in [-0.05, 0) is 95.0 Å². The predicted octanol–water partition coefficient (Wildman–Crippen LogP) is 7.63. The minimum absolute atomic E-state index is 0.293. The standard InChI is InChI=1S/C33H40N4O/c1-5-23-17-18-28-32(22(3)35-36-28)33(23)29-19-31(38-25-13-7-8-14-25)27(21(2)34-29)20-37(4)30-16-10-12-24-11-6-9-15-26(24)30/h6,9,11,15,17-19,25,30H,5,7-8,10,12-14,16,20H2,1-4H3,(H,35,36). The highest BCUT2D eigenvalue weighted by Crippen LogP contribution is 2.39. The first-order chi connectivity index (χ1) is 18.5. The van der Waals surface area contributed by atoms with Crippen LogP contribution in [0.4, 0.5) is 0 Å². The lowest BCUT2D eigenvalue weighted by molar-refractivity contribution is 0.189. The number of aryl methyl sites for hydroxylation is 4. The molecule has 2 heterocycles. The van der Waals surface area contributed by atoms with Crippen molar-refractivity contribution in [2.75, 3.05) is 7.05 Å². The number of nitrogens with zero attached hydrogens (tertiary/aromatic N) is 3. The number of hydrogen-bond donors (Lipinski definition) is 1. The van der Waals surface area contributed by atoms with Gasteiger partial charge in [0.15, 0.2) is 0 Å². The van der Waals surface area contributed by atoms with Crippen LogP contribution in [0, 0.1) is 13.8 Å². The molecule has 1 unspecified atom stereocenters. The van der Waals surface area contributed by atoms with Crippen molar-refractivity contribution in [3.63, 3.8) is 0 Å². The normalized spacial score (nSPS) is 17.9. The van der Waals surface area contributed by atoms with Gasteiger partial charge in [0.05, 0.1) is 23.0 Å². The lowest BCUT2D eigenvalue weighted by Gasteiger charge is -2.34. The smallest absolute Gasteiger partial charge is 0.128 e. The molecule has 1 fully saturated rings. The third-order valence-electron chi connectivity index (χ3n) is 8.80. The van der Waals surface area contributed by atoms with Crippen LogP contribution in [0.25, 0.3) is 22.2 Å². The number of ether oxygens (including phenoxy) is 1. The summed E-state index contributed by atoms with van der Waals surface area (Å²) in [5.74, 6) is 1.01. The molecule has 0 bridgehead atoms. The van der Waals surface area contributed by atoms with Crippen LogP contribution in [0.15, 0.2) is 42.5 Å². The van der Waals surface area contributed by atoms with Crippen molar-refractivity contribution in [2.24, 2.45) is 0 Å². The van der Waals surface area contributed by atoms with Crippen molar-refractivity contribution in [3.05, 3.63) is 76.1 Å². The van der Waals surface area contributed by atoms with Crippen molar-refractivity contribution in [1.82, 2.24) is 20.1 Å². The van der Waals surface area contributed by atoms with Crippen molar-refractivity contribution in [1.29, 1.82) is 0 Å². The monoisotopic (exact) mass is 508 g/mol. The summed E-state index contributed by atoms with van der Waals surface area (Å²) in [7, 11) is 2.27. The van der Waals surface area contributed by atoms with Crippen molar-refractivity contribution < 1.29 is 4.74 Å². The van der Waals surface area contributed by atoms with Crippen LogP contribution < -0.4 is 4.74 Å². The Labute approximate surface area is 226 Å². The highest BCUT2D eigenvalue weighted by atomic mass is 16.5. The predicted molar refractivity (Wildman–Crippen MR) is 155 cm³/mol. The van der Waals surface area contributed by atoms with Crippen LogP contribution in [0.2, 0.25) is 0 Å². The second kappa shape index (κ2) is 10.5. The second-order valence-corrected chi connectivity index (χ2v) is 11.3. The van der Waals surface area contributed by atoms with Gasteiger partial charge in [-0.2, -0.15) is 5.10 Å². The highest BCUT2D eigenvalue weighted by Gasteiger charge is 2.27. The fraction of sp³-hybridized carbons (Fsp3) is 0.455. The van der Waals surface area contributed by atoms with Crippen molar-refractivity contribution in [3.8, 4) is 17.0 Å². The Morgan fingerprint density at radius 2 is 1.82 bits per heavy atom. The first-order valence-electron chi connectivity index (χ1n) is 14.5. The van der Waals surface area contributed by atoms with Gasteiger partial charge < -0.3 is 4.74 Å². The lowest BCUT2D eigenvalue weighted by Crippen LogP contribution is -2.28. The van der Waals surface area contributed by atoms with E-state index in [-0.39, 0.29) is 0 Å². The topological polar surface area (TPSA) is 54.0 Å². The average molecular weight is 509 g/mol. The molecular weight excluding hydrogens is 468 g/mol. The van der Waals surface area contributed by atoms with Gasteiger partial charge in [0, 0.05) is 40.9 Å². The second-order valence-electron chi connectivity index (χ2n) is 11.3. The zero-order valence-corrected chi connectivity index (χ0v) is 23.3. The summed E-state index contributed by atoms with van der Waals surface area (Å²) in [5.41, 5.74) is 10.8. The Balaban J connectivity index is 1.42. The van der Waals surface area contributed by atoms with Gasteiger partial charge >= 0.3 is 0 Å². The molecule has 2 aromatic heterocycles. The maximum absolute atomic E-state index is 6.81. The van der Waals surface area contributed by atoms with Crippen LogP contribution in [0.3, 0.4) is 0 Å². The molecule has 0 saturated heterocycles. The molecule has 0 amide bonds. The fourth-order valence-corrected chi connectivity index (χ4v) is 6.73.